The van der Waals surface area contributed by atoms with E-state index in [9.17, 15) is 34.1 Å². The summed E-state index contributed by atoms with van der Waals surface area (Å²) in [6.07, 6.45) is -5.22. The number of ether oxygens (including phenoxy) is 5. The number of esters is 1. The monoisotopic (exact) mass is 1070 g/mol. The number of cyclic esters (lactones) is 1. The summed E-state index contributed by atoms with van der Waals surface area (Å²) in [4.78, 5) is 69.0. The predicted octanol–water partition coefficient (Wildman–Crippen LogP) is 6.64. The molecule has 23 heteroatoms. The lowest BCUT2D eigenvalue weighted by molar-refractivity contribution is -0.296. The molecule has 1 saturated heterocycles. The molecule has 1 fully saturated rings. The third-order valence-electron chi connectivity index (χ3n) is 13.8. The molecule has 13 atom stereocenters. The fourth-order valence-corrected chi connectivity index (χ4v) is 11.3. The highest BCUT2D eigenvalue weighted by atomic mass is 32.1. The molecule has 0 radical (unpaired) electrons. The van der Waals surface area contributed by atoms with Crippen LogP contribution in [0.1, 0.15) is 99.3 Å². The summed E-state index contributed by atoms with van der Waals surface area (Å²) in [6, 6.07) is 12.0. The molecule has 3 aliphatic rings. The summed E-state index contributed by atoms with van der Waals surface area (Å²) in [5.74, 6) is -5.08. The van der Waals surface area contributed by atoms with Gasteiger partial charge in [-0.15, -0.1) is 11.3 Å². The second-order valence-electron chi connectivity index (χ2n) is 20.1. The number of amides is 1. The molecule has 2 bridgehead atoms. The molecular weight excluding hydrogens is 1000 g/mol. The number of aliphatic hydroxyl groups is 2. The first-order valence-electron chi connectivity index (χ1n) is 24.8. The second-order valence-corrected chi connectivity index (χ2v) is 22.5. The first-order chi connectivity index (χ1) is 34.8. The zero-order valence-electron chi connectivity index (χ0n) is 43.9. The van der Waals surface area contributed by atoms with Gasteiger partial charge in [0, 0.05) is 41.2 Å². The van der Waals surface area contributed by atoms with Gasteiger partial charge in [0.1, 0.15) is 40.5 Å². The molecule has 3 aliphatic heterocycles. The number of ketones is 1. The van der Waals surface area contributed by atoms with Crippen molar-refractivity contribution in [1.29, 1.82) is 0 Å². The lowest BCUT2D eigenvalue weighted by Crippen LogP contribution is -2.61. The van der Waals surface area contributed by atoms with Crippen molar-refractivity contribution < 1.29 is 71.5 Å². The van der Waals surface area contributed by atoms with E-state index in [0.717, 1.165) is 12.5 Å². The Hall–Kier alpha value is -4.58. The Bertz CT molecular complexity index is 2530. The number of hydrogen-bond donors (Lipinski definition) is 5. The SMILES string of the molecule is CCC(=O)N/C1=C(\C)[C@H]2OCC(=NOCc3ccc(-c4nc(NP(=O)(O)OCc5ccccc5)cs4)cn3)CO[C@](C)(C[C@H]1C)[C@H](O[C@@H]1O[C@H](C)C[C@H](N(C)C)[C@H]1O)[C@@H](C)C(=O)[C@](C)(F)C(=O)O[C@H](CC)[C@@]2(C)O. The van der Waals surface area contributed by atoms with E-state index < -0.39 is 91.1 Å². The van der Waals surface area contributed by atoms with Gasteiger partial charge in [-0.2, -0.15) is 0 Å². The molecule has 6 rings (SSSR count). The molecule has 1 unspecified atom stereocenters. The number of carbonyl (C=O) groups excluding carboxylic acids is 3. The number of allylic oxidation sites excluding steroid dienone is 1. The smallest absolute Gasteiger partial charge is 0.431 e. The normalized spacial score (nSPS) is 33.9. The molecule has 0 saturated carbocycles. The van der Waals surface area contributed by atoms with Crippen LogP contribution in [0.25, 0.3) is 10.6 Å². The Morgan fingerprint density at radius 2 is 1.78 bits per heavy atom. The molecule has 5 heterocycles. The Kier molecular flexibility index (Phi) is 19.5. The van der Waals surface area contributed by atoms with Crippen molar-refractivity contribution in [3.63, 3.8) is 0 Å². The van der Waals surface area contributed by atoms with Gasteiger partial charge in [0.25, 0.3) is 5.67 Å². The first kappa shape index (κ1) is 58.7. The average Bonchev–Trinajstić information content (AvgIpc) is 3.81. The van der Waals surface area contributed by atoms with E-state index >= 15 is 4.39 Å². The Morgan fingerprint density at radius 1 is 1.07 bits per heavy atom. The highest BCUT2D eigenvalue weighted by molar-refractivity contribution is 7.54. The molecule has 408 valence electrons. The quantitative estimate of drug-likeness (QED) is 0.0462. The second kappa shape index (κ2) is 24.6. The third-order valence-corrected chi connectivity index (χ3v) is 15.6. The number of thiazole rings is 1. The number of anilines is 1. The van der Waals surface area contributed by atoms with Crippen molar-refractivity contribution in [1.82, 2.24) is 20.2 Å². The third kappa shape index (κ3) is 14.1. The number of hydrogen-bond acceptors (Lipinski definition) is 18. The Morgan fingerprint density at radius 3 is 2.43 bits per heavy atom. The molecule has 0 spiro atoms. The van der Waals surface area contributed by atoms with Crippen molar-refractivity contribution in [3.8, 4) is 10.6 Å². The minimum Gasteiger partial charge on any atom is -0.457 e. The number of alkyl halides is 1. The Balaban J connectivity index is 1.35. The lowest BCUT2D eigenvalue weighted by Gasteiger charge is -2.47. The van der Waals surface area contributed by atoms with E-state index in [1.54, 1.807) is 89.8 Å². The van der Waals surface area contributed by atoms with Crippen LogP contribution in [0.15, 0.2) is 70.5 Å². The molecule has 5 N–H and O–H groups in total. The van der Waals surface area contributed by atoms with Gasteiger partial charge >= 0.3 is 13.7 Å². The van der Waals surface area contributed by atoms with Crippen LogP contribution in [-0.2, 0) is 65.2 Å². The molecule has 74 heavy (non-hydrogen) atoms. The maximum Gasteiger partial charge on any atom is 0.431 e. The molecule has 2 aromatic heterocycles. The summed E-state index contributed by atoms with van der Waals surface area (Å²) < 4.78 is 67.1. The maximum atomic E-state index is 17.1. The minimum atomic E-state index is -4.24. The number of pyridine rings is 1. The van der Waals surface area contributed by atoms with E-state index in [1.807, 2.05) is 24.8 Å². The van der Waals surface area contributed by atoms with Crippen molar-refractivity contribution >= 4 is 48.3 Å². The number of oxime groups is 1. The van der Waals surface area contributed by atoms with Crippen LogP contribution in [0.4, 0.5) is 10.2 Å². The van der Waals surface area contributed by atoms with Crippen LogP contribution in [0, 0.1) is 11.8 Å². The van der Waals surface area contributed by atoms with E-state index in [0.29, 0.717) is 34.0 Å². The number of aromatic nitrogens is 2. The number of Topliss-reactive ketones (excluding diaryl/α,β-unsaturated/α-hetero) is 1. The standard InChI is InChI=1S/C51H72FN6O14PS/c1-12-38-51(9,63)45-31(5)41(55-40(59)13-2)29(3)22-49(7,44(32(6)43(61)50(8,52)48(62)71-38)72-47-42(60)37(58(10)11)21-30(4)70-47)67-26-36(25-66-45)56-68-27-35-20-19-34(23-53-35)46-54-39(28-74-46)57-73(64,65)69-24-33-17-15-14-16-18-33/h14-20,23,28-30,32,37-38,42,44-45,47,60,63H,12-13,21-22,24-27H2,1-11H3,(H,55,59)(H2,57,64,65)/b41-31+,56-36?/t29-,30-,32+,37+,38-,42-,44-,45-,47+,49-,50+,51-/m1/s1. The van der Waals surface area contributed by atoms with Gasteiger partial charge < -0.3 is 53.8 Å². The molecule has 1 aromatic carbocycles. The first-order valence-corrected chi connectivity index (χ1v) is 27.2. The van der Waals surface area contributed by atoms with Gasteiger partial charge in [0.2, 0.25) is 5.91 Å². The molecule has 3 aromatic rings. The van der Waals surface area contributed by atoms with Crippen molar-refractivity contribution in [2.24, 2.45) is 17.0 Å². The lowest BCUT2D eigenvalue weighted by atomic mass is 9.76. The maximum absolute atomic E-state index is 17.1. The number of carbonyl (C=O) groups is 3. The number of halogens is 1. The van der Waals surface area contributed by atoms with Crippen molar-refractivity contribution in [2.45, 2.75) is 161 Å². The highest BCUT2D eigenvalue weighted by Gasteiger charge is 2.56. The summed E-state index contributed by atoms with van der Waals surface area (Å²) in [5, 5.41) is 36.3. The molecule has 1 amide bonds. The number of nitrogens with one attached hydrogen (secondary N) is 2. The summed E-state index contributed by atoms with van der Waals surface area (Å²) >= 11 is 1.22. The fourth-order valence-electron chi connectivity index (χ4n) is 9.69. The topological polar surface area (TPSA) is 259 Å². The van der Waals surface area contributed by atoms with Crippen LogP contribution in [0.3, 0.4) is 0 Å². The summed E-state index contributed by atoms with van der Waals surface area (Å²) in [6.45, 7) is 12.9. The number of fused-ring (bicyclic) bond motifs is 4. The Labute approximate surface area is 435 Å². The van der Waals surface area contributed by atoms with Gasteiger partial charge in [-0.3, -0.25) is 24.2 Å². The zero-order chi connectivity index (χ0) is 54.3. The van der Waals surface area contributed by atoms with E-state index in [1.165, 1.54) is 25.2 Å². The van der Waals surface area contributed by atoms with Gasteiger partial charge in [0.15, 0.2) is 18.7 Å². The van der Waals surface area contributed by atoms with Crippen LogP contribution in [-0.4, -0.2) is 140 Å². The van der Waals surface area contributed by atoms with Crippen LogP contribution in [0.2, 0.25) is 0 Å². The zero-order valence-corrected chi connectivity index (χ0v) is 45.6. The number of aliphatic hydroxyl groups excluding tert-OH is 1. The van der Waals surface area contributed by atoms with E-state index in [4.69, 9.17) is 33.0 Å². The minimum absolute atomic E-state index is 0.0244. The number of likely N-dealkylation sites (N-methyl/N-ethyl adjacent to an activating group) is 1. The number of nitrogens with zero attached hydrogens (tertiary/aromatic N) is 4. The van der Waals surface area contributed by atoms with Crippen molar-refractivity contribution in [3.05, 3.63) is 76.6 Å². The summed E-state index contributed by atoms with van der Waals surface area (Å²) in [7, 11) is -0.634. The molecule has 20 nitrogen and oxygen atoms in total. The highest BCUT2D eigenvalue weighted by Crippen LogP contribution is 2.44. The van der Waals surface area contributed by atoms with E-state index in [-0.39, 0.29) is 63.1 Å². The van der Waals surface area contributed by atoms with Gasteiger partial charge in [0.05, 0.1) is 43.3 Å². The average molecular weight is 1080 g/mol. The van der Waals surface area contributed by atoms with E-state index in [2.05, 4.69) is 25.5 Å². The largest absolute Gasteiger partial charge is 0.457 e. The van der Waals surface area contributed by atoms with Gasteiger partial charge in [-0.05, 0) is 97.2 Å². The summed E-state index contributed by atoms with van der Waals surface area (Å²) in [5.41, 5.74) is -4.35. The molecule has 0 aliphatic carbocycles. The van der Waals surface area contributed by atoms with Crippen LogP contribution in [0.5, 0.6) is 0 Å². The van der Waals surface area contributed by atoms with Gasteiger partial charge in [-0.25, -0.2) is 18.7 Å². The van der Waals surface area contributed by atoms with Crippen LogP contribution >= 0.6 is 19.1 Å². The fraction of sp³-hybridized carbons (Fsp3) is 0.608. The van der Waals surface area contributed by atoms with Crippen LogP contribution < -0.4 is 10.4 Å². The van der Waals surface area contributed by atoms with Crippen molar-refractivity contribution in [2.75, 3.05) is 32.4 Å². The predicted molar refractivity (Wildman–Crippen MR) is 273 cm³/mol. The number of benzene rings is 1. The number of rotatable bonds is 15. The van der Waals surface area contributed by atoms with Gasteiger partial charge in [-0.1, -0.05) is 63.2 Å². The molecular formula is C51H72FN6O14PS.